The molecular formula is C31H22Cl2N2O5. The highest BCUT2D eigenvalue weighted by molar-refractivity contribution is 6.36. The Labute approximate surface area is 240 Å². The standard InChI is InChI=1S/C31H22Cl2N2O5/c1-20-10-12-22(13-11-20)30(37)35-34-19-23-7-3-5-9-28(23)39-29(36)17-14-21-6-2-4-8-27(21)40-31(38)25-16-15-24(32)18-26(25)33/h2-19H,1H3,(H,35,37)/b17-14+,34-19+. The van der Waals surface area contributed by atoms with Crippen molar-refractivity contribution in [3.8, 4) is 11.5 Å². The van der Waals surface area contributed by atoms with Gasteiger partial charge in [-0.1, -0.05) is 71.2 Å². The minimum Gasteiger partial charge on any atom is -0.423 e. The lowest BCUT2D eigenvalue weighted by atomic mass is 10.1. The van der Waals surface area contributed by atoms with Crippen molar-refractivity contribution < 1.29 is 23.9 Å². The summed E-state index contributed by atoms with van der Waals surface area (Å²) in [5.41, 5.74) is 5.05. The minimum absolute atomic E-state index is 0.151. The molecule has 0 aliphatic rings. The molecule has 0 unspecified atom stereocenters. The highest BCUT2D eigenvalue weighted by Gasteiger charge is 2.15. The maximum Gasteiger partial charge on any atom is 0.345 e. The van der Waals surface area contributed by atoms with Crippen molar-refractivity contribution in [2.24, 2.45) is 5.10 Å². The van der Waals surface area contributed by atoms with Crippen LogP contribution in [0.2, 0.25) is 10.0 Å². The first-order valence-electron chi connectivity index (χ1n) is 12.0. The molecule has 0 heterocycles. The van der Waals surface area contributed by atoms with Crippen LogP contribution < -0.4 is 14.9 Å². The summed E-state index contributed by atoms with van der Waals surface area (Å²) in [7, 11) is 0. The molecule has 0 aliphatic carbocycles. The van der Waals surface area contributed by atoms with Crippen LogP contribution in [-0.2, 0) is 4.79 Å². The van der Waals surface area contributed by atoms with E-state index in [4.69, 9.17) is 32.7 Å². The second kappa shape index (κ2) is 13.4. The first-order chi connectivity index (χ1) is 19.3. The van der Waals surface area contributed by atoms with Gasteiger partial charge in [-0.2, -0.15) is 5.10 Å². The number of nitrogens with one attached hydrogen (secondary N) is 1. The minimum atomic E-state index is -0.675. The molecule has 0 saturated heterocycles. The second-order valence-corrected chi connectivity index (χ2v) is 9.25. The van der Waals surface area contributed by atoms with Crippen molar-refractivity contribution in [1.82, 2.24) is 5.43 Å². The third-order valence-corrected chi connectivity index (χ3v) is 6.03. The van der Waals surface area contributed by atoms with E-state index < -0.39 is 11.9 Å². The molecular weight excluding hydrogens is 551 g/mol. The SMILES string of the molecule is Cc1ccc(C(=O)N/N=C/c2ccccc2OC(=O)/C=C/c2ccccc2OC(=O)c2ccc(Cl)cc2Cl)cc1. The number of aryl methyl sites for hydroxylation is 1. The Kier molecular flexibility index (Phi) is 9.46. The Morgan fingerprint density at radius 2 is 1.45 bits per heavy atom. The molecule has 0 atom stereocenters. The number of carbonyl (C=O) groups excluding carboxylic acids is 3. The van der Waals surface area contributed by atoms with Crippen LogP contribution in [0.5, 0.6) is 11.5 Å². The van der Waals surface area contributed by atoms with Crippen LogP contribution in [0, 0.1) is 6.92 Å². The zero-order valence-corrected chi connectivity index (χ0v) is 22.6. The largest absolute Gasteiger partial charge is 0.423 e. The predicted octanol–water partition coefficient (Wildman–Crippen LogP) is 6.90. The van der Waals surface area contributed by atoms with E-state index in [-0.39, 0.29) is 28.0 Å². The van der Waals surface area contributed by atoms with Crippen LogP contribution >= 0.6 is 23.2 Å². The maximum atomic E-state index is 12.6. The van der Waals surface area contributed by atoms with Crippen molar-refractivity contribution in [3.63, 3.8) is 0 Å². The summed E-state index contributed by atoms with van der Waals surface area (Å²) in [6.07, 6.45) is 4.05. The molecule has 40 heavy (non-hydrogen) atoms. The van der Waals surface area contributed by atoms with Crippen molar-refractivity contribution in [2.45, 2.75) is 6.92 Å². The molecule has 0 spiro atoms. The number of rotatable bonds is 8. The van der Waals surface area contributed by atoms with E-state index >= 15 is 0 Å². The van der Waals surface area contributed by atoms with E-state index in [9.17, 15) is 14.4 Å². The van der Waals surface area contributed by atoms with Gasteiger partial charge in [-0.05, 0) is 61.5 Å². The topological polar surface area (TPSA) is 94.1 Å². The Morgan fingerprint density at radius 3 is 2.15 bits per heavy atom. The second-order valence-electron chi connectivity index (χ2n) is 8.41. The maximum absolute atomic E-state index is 12.6. The highest BCUT2D eigenvalue weighted by Crippen LogP contribution is 2.25. The highest BCUT2D eigenvalue weighted by atomic mass is 35.5. The van der Waals surface area contributed by atoms with Gasteiger partial charge in [-0.15, -0.1) is 0 Å². The van der Waals surface area contributed by atoms with E-state index in [0.29, 0.717) is 21.7 Å². The number of carbonyl (C=O) groups is 3. The van der Waals surface area contributed by atoms with Gasteiger partial charge >= 0.3 is 11.9 Å². The predicted molar refractivity (Wildman–Crippen MR) is 155 cm³/mol. The normalized spacial score (nSPS) is 11.0. The molecule has 4 aromatic carbocycles. The molecule has 0 bridgehead atoms. The molecule has 1 amide bonds. The number of hydrogen-bond acceptors (Lipinski definition) is 6. The monoisotopic (exact) mass is 572 g/mol. The number of benzene rings is 4. The molecule has 0 aliphatic heterocycles. The zero-order valence-electron chi connectivity index (χ0n) is 21.1. The van der Waals surface area contributed by atoms with Gasteiger partial charge in [0.15, 0.2) is 0 Å². The van der Waals surface area contributed by atoms with E-state index in [1.165, 1.54) is 36.6 Å². The van der Waals surface area contributed by atoms with Gasteiger partial charge in [0.2, 0.25) is 0 Å². The van der Waals surface area contributed by atoms with Crippen LogP contribution in [-0.4, -0.2) is 24.1 Å². The first kappa shape index (κ1) is 28.3. The molecule has 0 aromatic heterocycles. The summed E-state index contributed by atoms with van der Waals surface area (Å²) in [4.78, 5) is 37.5. The zero-order chi connectivity index (χ0) is 28.5. The lowest BCUT2D eigenvalue weighted by molar-refractivity contribution is -0.128. The number of esters is 2. The van der Waals surface area contributed by atoms with Crippen molar-refractivity contribution in [3.05, 3.63) is 135 Å². The summed E-state index contributed by atoms with van der Waals surface area (Å²) < 4.78 is 11.0. The van der Waals surface area contributed by atoms with Crippen molar-refractivity contribution >= 4 is 53.3 Å². The fraction of sp³-hybridized carbons (Fsp3) is 0.0323. The molecule has 9 heteroatoms. The van der Waals surface area contributed by atoms with E-state index in [0.717, 1.165) is 5.56 Å². The molecule has 0 saturated carbocycles. The van der Waals surface area contributed by atoms with Gasteiger partial charge in [0, 0.05) is 27.8 Å². The van der Waals surface area contributed by atoms with Crippen LogP contribution in [0.15, 0.2) is 102 Å². The summed E-state index contributed by atoms with van der Waals surface area (Å²) in [6.45, 7) is 1.93. The Bertz CT molecular complexity index is 1610. The first-order valence-corrected chi connectivity index (χ1v) is 12.7. The summed E-state index contributed by atoms with van der Waals surface area (Å²) in [6, 6.07) is 24.9. The van der Waals surface area contributed by atoms with Gasteiger partial charge in [-0.3, -0.25) is 4.79 Å². The summed E-state index contributed by atoms with van der Waals surface area (Å²) in [5.74, 6) is -1.26. The van der Waals surface area contributed by atoms with E-state index in [1.807, 2.05) is 19.1 Å². The molecule has 4 rings (SSSR count). The van der Waals surface area contributed by atoms with Crippen LogP contribution in [0.4, 0.5) is 0 Å². The van der Waals surface area contributed by atoms with Crippen LogP contribution in [0.1, 0.15) is 37.4 Å². The van der Waals surface area contributed by atoms with Gasteiger partial charge in [-0.25, -0.2) is 15.0 Å². The van der Waals surface area contributed by atoms with Crippen LogP contribution in [0.3, 0.4) is 0 Å². The van der Waals surface area contributed by atoms with Gasteiger partial charge in [0.05, 0.1) is 16.8 Å². The fourth-order valence-electron chi connectivity index (χ4n) is 3.43. The van der Waals surface area contributed by atoms with E-state index in [1.54, 1.807) is 60.7 Å². The molecule has 200 valence electrons. The Balaban J connectivity index is 1.41. The van der Waals surface area contributed by atoms with Crippen molar-refractivity contribution in [1.29, 1.82) is 0 Å². The Morgan fingerprint density at radius 1 is 0.800 bits per heavy atom. The molecule has 0 radical (unpaired) electrons. The Hall–Kier alpha value is -4.72. The average Bonchev–Trinajstić information content (AvgIpc) is 2.93. The molecule has 7 nitrogen and oxygen atoms in total. The number of hydrogen-bond donors (Lipinski definition) is 1. The number of ether oxygens (including phenoxy) is 2. The molecule has 1 N–H and O–H groups in total. The number of para-hydroxylation sites is 2. The fourth-order valence-corrected chi connectivity index (χ4v) is 3.92. The lowest BCUT2D eigenvalue weighted by Crippen LogP contribution is -2.17. The summed E-state index contributed by atoms with van der Waals surface area (Å²) >= 11 is 12.0. The van der Waals surface area contributed by atoms with Gasteiger partial charge in [0.1, 0.15) is 11.5 Å². The van der Waals surface area contributed by atoms with Gasteiger partial charge in [0.25, 0.3) is 5.91 Å². The number of hydrazone groups is 1. The van der Waals surface area contributed by atoms with Gasteiger partial charge < -0.3 is 9.47 Å². The average molecular weight is 573 g/mol. The van der Waals surface area contributed by atoms with Crippen molar-refractivity contribution in [2.75, 3.05) is 0 Å². The summed E-state index contributed by atoms with van der Waals surface area (Å²) in [5, 5.41) is 4.53. The molecule has 4 aromatic rings. The molecule has 0 fully saturated rings. The number of nitrogens with zero attached hydrogens (tertiary/aromatic N) is 1. The quantitative estimate of drug-likeness (QED) is 0.0814. The third-order valence-electron chi connectivity index (χ3n) is 5.48. The lowest BCUT2D eigenvalue weighted by Gasteiger charge is -2.09. The number of halogens is 2. The van der Waals surface area contributed by atoms with Crippen LogP contribution in [0.25, 0.3) is 6.08 Å². The van der Waals surface area contributed by atoms with E-state index in [2.05, 4.69) is 10.5 Å². The smallest absolute Gasteiger partial charge is 0.345 e. The third kappa shape index (κ3) is 7.66. The number of amides is 1.